The molecule has 0 amide bonds. The fourth-order valence-corrected chi connectivity index (χ4v) is 3.39. The number of hydrogen-bond donors (Lipinski definition) is 1. The van der Waals surface area contributed by atoms with Crippen LogP contribution in [0.5, 0.6) is 0 Å². The summed E-state index contributed by atoms with van der Waals surface area (Å²) in [7, 11) is 0. The number of hydrogen-bond acceptors (Lipinski definition) is 3. The summed E-state index contributed by atoms with van der Waals surface area (Å²) in [5.41, 5.74) is 2.75. The van der Waals surface area contributed by atoms with Gasteiger partial charge in [-0.25, -0.2) is 0 Å². The summed E-state index contributed by atoms with van der Waals surface area (Å²) in [5.74, 6) is 2.60. The van der Waals surface area contributed by atoms with Gasteiger partial charge in [0.2, 0.25) is 0 Å². The highest BCUT2D eigenvalue weighted by Crippen LogP contribution is 2.28. The van der Waals surface area contributed by atoms with Gasteiger partial charge in [-0.3, -0.25) is 0 Å². The second-order valence-corrected chi connectivity index (χ2v) is 6.65. The first-order chi connectivity index (χ1) is 10.1. The summed E-state index contributed by atoms with van der Waals surface area (Å²) in [6, 6.07) is 11.4. The molecule has 3 heteroatoms. The molecular formula is C18H25NOS. The lowest BCUT2D eigenvalue weighted by atomic mass is 9.99. The minimum Gasteiger partial charge on any atom is -0.468 e. The standard InChI is InChI=1S/C18H25NOS/c1-5-19-17(12-21-18-10-11-20-14(18)4)16-8-6-15(7-9-16)13(2)3/h6-11,13,17,19H,5,12H2,1-4H3. The van der Waals surface area contributed by atoms with Gasteiger partial charge in [-0.05, 0) is 36.6 Å². The lowest BCUT2D eigenvalue weighted by Crippen LogP contribution is -2.23. The number of nitrogens with one attached hydrogen (secondary N) is 1. The zero-order valence-corrected chi connectivity index (χ0v) is 14.2. The van der Waals surface area contributed by atoms with E-state index in [9.17, 15) is 0 Å². The van der Waals surface area contributed by atoms with Gasteiger partial charge in [0, 0.05) is 16.7 Å². The van der Waals surface area contributed by atoms with Crippen molar-refractivity contribution < 1.29 is 4.42 Å². The largest absolute Gasteiger partial charge is 0.468 e. The first-order valence-corrected chi connectivity index (χ1v) is 8.60. The molecule has 0 aliphatic carbocycles. The van der Waals surface area contributed by atoms with Gasteiger partial charge >= 0.3 is 0 Å². The Morgan fingerprint density at radius 1 is 1.10 bits per heavy atom. The third kappa shape index (κ3) is 4.39. The molecule has 2 aromatic rings. The van der Waals surface area contributed by atoms with Crippen LogP contribution in [0.1, 0.15) is 49.6 Å². The Morgan fingerprint density at radius 3 is 2.29 bits per heavy atom. The molecule has 0 radical (unpaired) electrons. The summed E-state index contributed by atoms with van der Waals surface area (Å²) < 4.78 is 5.36. The number of aryl methyl sites for hydroxylation is 1. The van der Waals surface area contributed by atoms with Gasteiger partial charge < -0.3 is 9.73 Å². The smallest absolute Gasteiger partial charge is 0.114 e. The minimum atomic E-state index is 0.371. The van der Waals surface area contributed by atoms with Crippen LogP contribution in [-0.2, 0) is 0 Å². The molecule has 1 aromatic carbocycles. The predicted molar refractivity (Wildman–Crippen MR) is 91.1 cm³/mol. The molecule has 0 saturated carbocycles. The van der Waals surface area contributed by atoms with E-state index in [4.69, 9.17) is 4.42 Å². The van der Waals surface area contributed by atoms with E-state index in [0.29, 0.717) is 12.0 Å². The van der Waals surface area contributed by atoms with Gasteiger partial charge in [-0.2, -0.15) is 0 Å². The monoisotopic (exact) mass is 303 g/mol. The zero-order chi connectivity index (χ0) is 15.2. The van der Waals surface area contributed by atoms with Gasteiger partial charge in [0.05, 0.1) is 6.26 Å². The van der Waals surface area contributed by atoms with Crippen LogP contribution in [0.15, 0.2) is 45.9 Å². The van der Waals surface area contributed by atoms with Crippen molar-refractivity contribution in [2.45, 2.75) is 44.6 Å². The van der Waals surface area contributed by atoms with Crippen molar-refractivity contribution in [2.75, 3.05) is 12.3 Å². The molecule has 1 heterocycles. The van der Waals surface area contributed by atoms with Crippen molar-refractivity contribution in [1.82, 2.24) is 5.32 Å². The van der Waals surface area contributed by atoms with Gasteiger partial charge in [0.1, 0.15) is 5.76 Å². The van der Waals surface area contributed by atoms with E-state index in [0.717, 1.165) is 18.1 Å². The van der Waals surface area contributed by atoms with Crippen LogP contribution in [0.25, 0.3) is 0 Å². The second kappa shape index (κ2) is 7.71. The zero-order valence-electron chi connectivity index (χ0n) is 13.3. The Balaban J connectivity index is 2.05. The summed E-state index contributed by atoms with van der Waals surface area (Å²) in [4.78, 5) is 1.23. The maximum Gasteiger partial charge on any atom is 0.114 e. The highest BCUT2D eigenvalue weighted by molar-refractivity contribution is 7.99. The third-order valence-electron chi connectivity index (χ3n) is 3.67. The molecule has 0 spiro atoms. The van der Waals surface area contributed by atoms with Crippen LogP contribution in [0.2, 0.25) is 0 Å². The maximum absolute atomic E-state index is 5.36. The van der Waals surface area contributed by atoms with Gasteiger partial charge in [-0.1, -0.05) is 45.0 Å². The quantitative estimate of drug-likeness (QED) is 0.716. The Labute approximate surface area is 132 Å². The third-order valence-corrected chi connectivity index (χ3v) is 4.91. The number of thioether (sulfide) groups is 1. The van der Waals surface area contributed by atoms with Gasteiger partial charge in [0.15, 0.2) is 0 Å². The average molecular weight is 303 g/mol. The average Bonchev–Trinajstić information content (AvgIpc) is 2.89. The molecule has 114 valence electrons. The molecule has 1 aromatic heterocycles. The first-order valence-electron chi connectivity index (χ1n) is 7.62. The molecule has 0 saturated heterocycles. The Hall–Kier alpha value is -1.19. The molecule has 1 unspecified atom stereocenters. The van der Waals surface area contributed by atoms with E-state index < -0.39 is 0 Å². The van der Waals surface area contributed by atoms with E-state index in [-0.39, 0.29) is 0 Å². The normalized spacial score (nSPS) is 12.8. The summed E-state index contributed by atoms with van der Waals surface area (Å²) >= 11 is 1.85. The van der Waals surface area contributed by atoms with E-state index in [1.54, 1.807) is 6.26 Å². The second-order valence-electron chi connectivity index (χ2n) is 5.58. The molecule has 0 fully saturated rings. The first kappa shape index (κ1) is 16.2. The van der Waals surface area contributed by atoms with Crippen molar-refractivity contribution in [3.63, 3.8) is 0 Å². The Morgan fingerprint density at radius 2 is 1.76 bits per heavy atom. The van der Waals surface area contributed by atoms with Crippen molar-refractivity contribution >= 4 is 11.8 Å². The molecule has 1 atom stereocenters. The molecule has 0 aliphatic rings. The topological polar surface area (TPSA) is 25.2 Å². The van der Waals surface area contributed by atoms with Crippen molar-refractivity contribution in [1.29, 1.82) is 0 Å². The molecule has 21 heavy (non-hydrogen) atoms. The Kier molecular flexibility index (Phi) is 5.95. The molecular weight excluding hydrogens is 278 g/mol. The lowest BCUT2D eigenvalue weighted by Gasteiger charge is -2.18. The molecule has 2 nitrogen and oxygen atoms in total. The van der Waals surface area contributed by atoms with Gasteiger partial charge in [0.25, 0.3) is 0 Å². The fraction of sp³-hybridized carbons (Fsp3) is 0.444. The van der Waals surface area contributed by atoms with Crippen molar-refractivity contribution in [3.8, 4) is 0 Å². The van der Waals surface area contributed by atoms with Crippen LogP contribution < -0.4 is 5.32 Å². The minimum absolute atomic E-state index is 0.371. The molecule has 2 rings (SSSR count). The summed E-state index contributed by atoms with van der Waals surface area (Å²) in [6.07, 6.45) is 1.76. The van der Waals surface area contributed by atoms with E-state index >= 15 is 0 Å². The van der Waals surface area contributed by atoms with E-state index in [1.807, 2.05) is 24.8 Å². The molecule has 0 bridgehead atoms. The van der Waals surface area contributed by atoms with Crippen LogP contribution in [-0.4, -0.2) is 12.3 Å². The van der Waals surface area contributed by atoms with Crippen LogP contribution >= 0.6 is 11.8 Å². The molecule has 0 aliphatic heterocycles. The maximum atomic E-state index is 5.36. The summed E-state index contributed by atoms with van der Waals surface area (Å²) in [6.45, 7) is 9.61. The SMILES string of the molecule is CCNC(CSc1ccoc1C)c1ccc(C(C)C)cc1. The lowest BCUT2D eigenvalue weighted by molar-refractivity contribution is 0.526. The number of benzene rings is 1. The molecule has 1 N–H and O–H groups in total. The van der Waals surface area contributed by atoms with Gasteiger partial charge in [-0.15, -0.1) is 11.8 Å². The predicted octanol–water partition coefficient (Wildman–Crippen LogP) is 5.15. The number of furan rings is 1. The number of rotatable bonds is 7. The van der Waals surface area contributed by atoms with Crippen molar-refractivity contribution in [3.05, 3.63) is 53.5 Å². The fourth-order valence-electron chi connectivity index (χ4n) is 2.33. The van der Waals surface area contributed by atoms with E-state index in [2.05, 4.69) is 50.4 Å². The van der Waals surface area contributed by atoms with Crippen LogP contribution in [0.4, 0.5) is 0 Å². The van der Waals surface area contributed by atoms with Crippen LogP contribution in [0.3, 0.4) is 0 Å². The highest BCUT2D eigenvalue weighted by Gasteiger charge is 2.13. The van der Waals surface area contributed by atoms with Crippen molar-refractivity contribution in [2.24, 2.45) is 0 Å². The Bertz CT molecular complexity index is 545. The highest BCUT2D eigenvalue weighted by atomic mass is 32.2. The van der Waals surface area contributed by atoms with E-state index in [1.165, 1.54) is 16.0 Å². The van der Waals surface area contributed by atoms with Crippen LogP contribution in [0, 0.1) is 6.92 Å². The summed E-state index contributed by atoms with van der Waals surface area (Å²) in [5, 5.41) is 3.58.